The van der Waals surface area contributed by atoms with Gasteiger partial charge in [-0.25, -0.2) is 4.39 Å². The molecule has 0 heterocycles. The van der Waals surface area contributed by atoms with Crippen LogP contribution in [0, 0.1) is 5.82 Å². The maximum atomic E-state index is 13.4. The molecule has 0 spiro atoms. The first-order valence-corrected chi connectivity index (χ1v) is 7.94. The number of anilines is 1. The van der Waals surface area contributed by atoms with Gasteiger partial charge in [-0.1, -0.05) is 34.1 Å². The lowest BCUT2D eigenvalue weighted by Crippen LogP contribution is -2.23. The highest BCUT2D eigenvalue weighted by Crippen LogP contribution is 2.14. The van der Waals surface area contributed by atoms with Crippen LogP contribution in [-0.2, 0) is 11.2 Å². The average Bonchev–Trinajstić information content (AvgIpc) is 2.51. The van der Waals surface area contributed by atoms with Crippen molar-refractivity contribution in [3.05, 3.63) is 64.4 Å². The fourth-order valence-electron chi connectivity index (χ4n) is 2.01. The topological polar surface area (TPSA) is 41.1 Å². The second-order valence-corrected chi connectivity index (χ2v) is 5.81. The molecule has 0 radical (unpaired) electrons. The number of rotatable bonds is 7. The van der Waals surface area contributed by atoms with Crippen molar-refractivity contribution in [2.45, 2.75) is 12.8 Å². The van der Waals surface area contributed by atoms with Gasteiger partial charge in [0, 0.05) is 23.1 Å². The molecule has 2 aromatic carbocycles. The minimum absolute atomic E-state index is 0.0410. The van der Waals surface area contributed by atoms with Crippen LogP contribution < -0.4 is 10.6 Å². The highest BCUT2D eigenvalue weighted by molar-refractivity contribution is 9.10. The lowest BCUT2D eigenvalue weighted by Gasteiger charge is -2.07. The zero-order chi connectivity index (χ0) is 15.8. The molecule has 0 atom stereocenters. The van der Waals surface area contributed by atoms with Crippen LogP contribution in [0.4, 0.5) is 10.1 Å². The molecular weight excluding hydrogens is 347 g/mol. The zero-order valence-corrected chi connectivity index (χ0v) is 13.7. The van der Waals surface area contributed by atoms with Crippen LogP contribution >= 0.6 is 15.9 Å². The minimum Gasteiger partial charge on any atom is -0.326 e. The lowest BCUT2D eigenvalue weighted by molar-refractivity contribution is -0.116. The van der Waals surface area contributed by atoms with Gasteiger partial charge in [-0.05, 0) is 48.9 Å². The van der Waals surface area contributed by atoms with Crippen molar-refractivity contribution in [1.29, 1.82) is 0 Å². The van der Waals surface area contributed by atoms with Crippen LogP contribution in [-0.4, -0.2) is 19.0 Å². The quantitative estimate of drug-likeness (QED) is 0.734. The van der Waals surface area contributed by atoms with Crippen LogP contribution in [0.5, 0.6) is 0 Å². The number of halogens is 2. The summed E-state index contributed by atoms with van der Waals surface area (Å²) in [6, 6.07) is 14.2. The highest BCUT2D eigenvalue weighted by Gasteiger charge is 2.03. The van der Waals surface area contributed by atoms with Crippen molar-refractivity contribution >= 4 is 27.5 Å². The summed E-state index contributed by atoms with van der Waals surface area (Å²) in [6.07, 6.45) is 0.994. The maximum Gasteiger partial charge on any atom is 0.225 e. The largest absolute Gasteiger partial charge is 0.326 e. The van der Waals surface area contributed by atoms with E-state index in [0.29, 0.717) is 31.5 Å². The lowest BCUT2D eigenvalue weighted by atomic mass is 10.1. The molecule has 0 aliphatic rings. The fourth-order valence-corrected chi connectivity index (χ4v) is 2.27. The SMILES string of the molecule is O=C(CCNCCc1ccccc1F)Nc1ccc(Br)cc1. The molecule has 0 aliphatic carbocycles. The monoisotopic (exact) mass is 364 g/mol. The van der Waals surface area contributed by atoms with Gasteiger partial charge in [0.15, 0.2) is 0 Å². The van der Waals surface area contributed by atoms with Gasteiger partial charge in [0.1, 0.15) is 5.82 Å². The molecule has 1 amide bonds. The van der Waals surface area contributed by atoms with Crippen molar-refractivity contribution in [3.63, 3.8) is 0 Å². The van der Waals surface area contributed by atoms with Gasteiger partial charge in [-0.3, -0.25) is 4.79 Å². The Morgan fingerprint density at radius 3 is 2.50 bits per heavy atom. The van der Waals surface area contributed by atoms with Gasteiger partial charge in [-0.15, -0.1) is 0 Å². The van der Waals surface area contributed by atoms with E-state index >= 15 is 0 Å². The molecule has 22 heavy (non-hydrogen) atoms. The van der Waals surface area contributed by atoms with E-state index in [9.17, 15) is 9.18 Å². The Bertz CT molecular complexity index is 616. The molecule has 2 aromatic rings. The van der Waals surface area contributed by atoms with Crippen molar-refractivity contribution in [3.8, 4) is 0 Å². The van der Waals surface area contributed by atoms with E-state index < -0.39 is 0 Å². The Hall–Kier alpha value is -1.72. The van der Waals surface area contributed by atoms with Crippen LogP contribution in [0.1, 0.15) is 12.0 Å². The summed E-state index contributed by atoms with van der Waals surface area (Å²) in [7, 11) is 0. The number of carbonyl (C=O) groups excluding carboxylic acids is 1. The van der Waals surface area contributed by atoms with Crippen LogP contribution in [0.2, 0.25) is 0 Å². The molecule has 0 aromatic heterocycles. The molecule has 0 saturated heterocycles. The van der Waals surface area contributed by atoms with Gasteiger partial charge < -0.3 is 10.6 Å². The molecule has 0 saturated carbocycles. The number of nitrogens with one attached hydrogen (secondary N) is 2. The molecule has 5 heteroatoms. The number of hydrogen-bond donors (Lipinski definition) is 2. The van der Waals surface area contributed by atoms with E-state index in [1.807, 2.05) is 30.3 Å². The Morgan fingerprint density at radius 2 is 1.77 bits per heavy atom. The minimum atomic E-state index is -0.183. The van der Waals surface area contributed by atoms with Crippen LogP contribution in [0.15, 0.2) is 53.0 Å². The summed E-state index contributed by atoms with van der Waals surface area (Å²) in [5, 5.41) is 5.98. The fraction of sp³-hybridized carbons (Fsp3) is 0.235. The van der Waals surface area contributed by atoms with Gasteiger partial charge in [0.2, 0.25) is 5.91 Å². The molecule has 116 valence electrons. The van der Waals surface area contributed by atoms with E-state index in [1.165, 1.54) is 6.07 Å². The average molecular weight is 365 g/mol. The molecule has 0 fully saturated rings. The number of amides is 1. The van der Waals surface area contributed by atoms with Crippen molar-refractivity contribution in [2.24, 2.45) is 0 Å². The van der Waals surface area contributed by atoms with E-state index in [1.54, 1.807) is 12.1 Å². The smallest absolute Gasteiger partial charge is 0.225 e. The van der Waals surface area contributed by atoms with E-state index in [0.717, 1.165) is 10.2 Å². The van der Waals surface area contributed by atoms with Gasteiger partial charge in [0.25, 0.3) is 0 Å². The third-order valence-corrected chi connectivity index (χ3v) is 3.71. The summed E-state index contributed by atoms with van der Waals surface area (Å²) in [5.41, 5.74) is 1.47. The Balaban J connectivity index is 1.63. The van der Waals surface area contributed by atoms with Crippen LogP contribution in [0.3, 0.4) is 0 Å². The van der Waals surface area contributed by atoms with Gasteiger partial charge in [-0.2, -0.15) is 0 Å². The Morgan fingerprint density at radius 1 is 1.05 bits per heavy atom. The molecule has 3 nitrogen and oxygen atoms in total. The second kappa shape index (κ2) is 8.66. The van der Waals surface area contributed by atoms with E-state index in [4.69, 9.17) is 0 Å². The number of benzene rings is 2. The summed E-state index contributed by atoms with van der Waals surface area (Å²) < 4.78 is 14.4. The normalized spacial score (nSPS) is 10.5. The Kier molecular flexibility index (Phi) is 6.55. The predicted octanol–water partition coefficient (Wildman–Crippen LogP) is 3.75. The summed E-state index contributed by atoms with van der Waals surface area (Å²) in [4.78, 5) is 11.8. The highest BCUT2D eigenvalue weighted by atomic mass is 79.9. The van der Waals surface area contributed by atoms with Crippen molar-refractivity contribution < 1.29 is 9.18 Å². The maximum absolute atomic E-state index is 13.4. The van der Waals surface area contributed by atoms with Crippen LogP contribution in [0.25, 0.3) is 0 Å². The van der Waals surface area contributed by atoms with E-state index in [2.05, 4.69) is 26.6 Å². The number of carbonyl (C=O) groups is 1. The first-order chi connectivity index (χ1) is 10.6. The van der Waals surface area contributed by atoms with Crippen molar-refractivity contribution in [1.82, 2.24) is 5.32 Å². The third kappa shape index (κ3) is 5.58. The molecular formula is C17H18BrFN2O. The predicted molar refractivity (Wildman–Crippen MR) is 90.4 cm³/mol. The molecule has 0 aliphatic heterocycles. The molecule has 0 unspecified atom stereocenters. The zero-order valence-electron chi connectivity index (χ0n) is 12.1. The van der Waals surface area contributed by atoms with Gasteiger partial charge in [0.05, 0.1) is 0 Å². The summed E-state index contributed by atoms with van der Waals surface area (Å²) in [5.74, 6) is -0.224. The molecule has 2 rings (SSSR count). The third-order valence-electron chi connectivity index (χ3n) is 3.19. The number of hydrogen-bond acceptors (Lipinski definition) is 2. The molecule has 2 N–H and O–H groups in total. The summed E-state index contributed by atoms with van der Waals surface area (Å²) >= 11 is 3.35. The van der Waals surface area contributed by atoms with Crippen molar-refractivity contribution in [2.75, 3.05) is 18.4 Å². The second-order valence-electron chi connectivity index (χ2n) is 4.90. The summed E-state index contributed by atoms with van der Waals surface area (Å²) in [6.45, 7) is 1.21. The van der Waals surface area contributed by atoms with Gasteiger partial charge >= 0.3 is 0 Å². The molecule has 0 bridgehead atoms. The van der Waals surface area contributed by atoms with E-state index in [-0.39, 0.29) is 11.7 Å². The first-order valence-electron chi connectivity index (χ1n) is 7.15. The first kappa shape index (κ1) is 16.6. The Labute approximate surface area is 138 Å². The standard InChI is InChI=1S/C17H18BrFN2O/c18-14-5-7-15(8-6-14)21-17(22)10-12-20-11-9-13-3-1-2-4-16(13)19/h1-8,20H,9-12H2,(H,21,22).